The normalized spacial score (nSPS) is 11.4. The number of methoxy groups -OCH3 is 1. The molecule has 0 fully saturated rings. The maximum Gasteiger partial charge on any atom is 0.307 e. The lowest BCUT2D eigenvalue weighted by Crippen LogP contribution is -2.25. The molecule has 0 aliphatic heterocycles. The summed E-state index contributed by atoms with van der Waals surface area (Å²) >= 11 is 0. The Labute approximate surface area is 111 Å². The number of hydrogen-bond acceptors (Lipinski definition) is 5. The number of benzene rings is 1. The van der Waals surface area contributed by atoms with Crippen LogP contribution in [0.15, 0.2) is 29.2 Å². The predicted molar refractivity (Wildman–Crippen MR) is 65.9 cm³/mol. The summed E-state index contributed by atoms with van der Waals surface area (Å²) in [4.78, 5) is 17.2. The Kier molecular flexibility index (Phi) is 5.90. The van der Waals surface area contributed by atoms with Gasteiger partial charge in [-0.25, -0.2) is 8.42 Å². The number of nitrogens with one attached hydrogen (secondary N) is 1. The van der Waals surface area contributed by atoms with E-state index < -0.39 is 16.0 Å². The van der Waals surface area contributed by atoms with Gasteiger partial charge < -0.3 is 9.84 Å². The average molecular weight is 289 g/mol. The van der Waals surface area contributed by atoms with E-state index in [0.29, 0.717) is 5.56 Å². The average Bonchev–Trinajstić information content (AvgIpc) is 2.35. The lowest BCUT2D eigenvalue weighted by Gasteiger charge is -2.07. The van der Waals surface area contributed by atoms with Crippen LogP contribution in [-0.4, -0.2) is 39.8 Å². The molecule has 2 N–H and O–H groups in total. The molecule has 0 aromatic heterocycles. The van der Waals surface area contributed by atoms with E-state index in [1.54, 1.807) is 0 Å². The van der Waals surface area contributed by atoms with Crippen molar-refractivity contribution in [2.24, 2.45) is 0 Å². The molecule has 0 aliphatic carbocycles. The fraction of sp³-hybridized carbons (Fsp3) is 0.364. The molecule has 19 heavy (non-hydrogen) atoms. The molecule has 0 amide bonds. The van der Waals surface area contributed by atoms with Crippen molar-refractivity contribution in [3.63, 3.8) is 0 Å². The molecule has 0 saturated carbocycles. The molecule has 0 radical (unpaired) electrons. The van der Waals surface area contributed by atoms with Gasteiger partial charge in [0, 0.05) is 7.11 Å². The number of carbonyl (C=O) groups is 1. The summed E-state index contributed by atoms with van der Waals surface area (Å²) in [6.45, 7) is 0.354. The third-order valence-electron chi connectivity index (χ3n) is 2.15. The maximum absolute atomic E-state index is 11.7. The van der Waals surface area contributed by atoms with Gasteiger partial charge in [0.15, 0.2) is 0 Å². The first kappa shape index (κ1) is 15.6. The van der Waals surface area contributed by atoms with Crippen LogP contribution in [-0.2, 0) is 30.8 Å². The van der Waals surface area contributed by atoms with E-state index in [1.165, 1.54) is 31.4 Å². The second kappa shape index (κ2) is 7.19. The smallest absolute Gasteiger partial charge is 0.307 e. The van der Waals surface area contributed by atoms with E-state index in [-0.39, 0.29) is 24.5 Å². The zero-order chi connectivity index (χ0) is 14.3. The Morgan fingerprint density at radius 2 is 1.89 bits per heavy atom. The van der Waals surface area contributed by atoms with Crippen molar-refractivity contribution in [2.45, 2.75) is 11.3 Å². The number of carboxylic acid groups (broad SMARTS) is 1. The summed E-state index contributed by atoms with van der Waals surface area (Å²) < 4.78 is 28.2. The number of rotatable bonds is 8. The highest BCUT2D eigenvalue weighted by Crippen LogP contribution is 2.11. The van der Waals surface area contributed by atoms with Crippen molar-refractivity contribution in [1.82, 2.24) is 4.89 Å². The van der Waals surface area contributed by atoms with E-state index in [0.717, 1.165) is 0 Å². The van der Waals surface area contributed by atoms with Crippen LogP contribution in [0, 0.1) is 0 Å². The highest BCUT2D eigenvalue weighted by atomic mass is 32.2. The summed E-state index contributed by atoms with van der Waals surface area (Å²) in [6, 6.07) is 5.52. The van der Waals surface area contributed by atoms with Gasteiger partial charge in [0.1, 0.15) is 0 Å². The van der Waals surface area contributed by atoms with E-state index >= 15 is 0 Å². The Morgan fingerprint density at radius 3 is 2.42 bits per heavy atom. The number of carboxylic acids is 1. The van der Waals surface area contributed by atoms with Crippen molar-refractivity contribution >= 4 is 16.0 Å². The maximum atomic E-state index is 11.7. The van der Waals surface area contributed by atoms with Crippen molar-refractivity contribution in [2.75, 3.05) is 20.3 Å². The fourth-order valence-electron chi connectivity index (χ4n) is 1.25. The highest BCUT2D eigenvalue weighted by molar-refractivity contribution is 7.89. The summed E-state index contributed by atoms with van der Waals surface area (Å²) in [6.07, 6.45) is -0.155. The summed E-state index contributed by atoms with van der Waals surface area (Å²) in [5.41, 5.74) is 0.520. The van der Waals surface area contributed by atoms with Crippen LogP contribution in [0.2, 0.25) is 0 Å². The first-order chi connectivity index (χ1) is 8.95. The first-order valence-corrected chi connectivity index (χ1v) is 6.87. The van der Waals surface area contributed by atoms with Crippen LogP contribution >= 0.6 is 0 Å². The van der Waals surface area contributed by atoms with Crippen molar-refractivity contribution < 1.29 is 27.9 Å². The van der Waals surface area contributed by atoms with E-state index in [2.05, 4.69) is 0 Å². The van der Waals surface area contributed by atoms with Gasteiger partial charge in [-0.15, -0.1) is 0 Å². The molecule has 8 heteroatoms. The van der Waals surface area contributed by atoms with Crippen molar-refractivity contribution in [1.29, 1.82) is 0 Å². The molecule has 1 aromatic carbocycles. The van der Waals surface area contributed by atoms with Gasteiger partial charge in [0.25, 0.3) is 10.0 Å². The van der Waals surface area contributed by atoms with Crippen LogP contribution in [0.5, 0.6) is 0 Å². The topological polar surface area (TPSA) is 102 Å². The van der Waals surface area contributed by atoms with Crippen LogP contribution in [0.3, 0.4) is 0 Å². The Bertz CT molecular complexity index is 510. The van der Waals surface area contributed by atoms with Gasteiger partial charge in [0.2, 0.25) is 0 Å². The lowest BCUT2D eigenvalue weighted by molar-refractivity contribution is -0.136. The Hall–Kier alpha value is -1.48. The van der Waals surface area contributed by atoms with Gasteiger partial charge in [-0.1, -0.05) is 17.0 Å². The standard InChI is InChI=1S/C11H15NO6S/c1-17-6-7-18-12-19(15,16)10-4-2-9(3-5-10)8-11(13)14/h2-5,12H,6-8H2,1H3,(H,13,14). The van der Waals surface area contributed by atoms with Crippen LogP contribution in [0.4, 0.5) is 0 Å². The largest absolute Gasteiger partial charge is 0.481 e. The van der Waals surface area contributed by atoms with Gasteiger partial charge in [-0.2, -0.15) is 0 Å². The molecular weight excluding hydrogens is 274 g/mol. The molecule has 0 heterocycles. The summed E-state index contributed by atoms with van der Waals surface area (Å²) in [7, 11) is -2.29. The van der Waals surface area contributed by atoms with E-state index in [4.69, 9.17) is 14.7 Å². The predicted octanol–water partition coefficient (Wildman–Crippen LogP) is 0.170. The first-order valence-electron chi connectivity index (χ1n) is 5.39. The quantitative estimate of drug-likeness (QED) is 0.522. The van der Waals surface area contributed by atoms with Crippen LogP contribution in [0.25, 0.3) is 0 Å². The molecule has 7 nitrogen and oxygen atoms in total. The Morgan fingerprint density at radius 1 is 1.26 bits per heavy atom. The van der Waals surface area contributed by atoms with E-state index in [9.17, 15) is 13.2 Å². The van der Waals surface area contributed by atoms with E-state index in [1.807, 2.05) is 4.89 Å². The third-order valence-corrected chi connectivity index (χ3v) is 3.38. The minimum Gasteiger partial charge on any atom is -0.481 e. The van der Waals surface area contributed by atoms with Gasteiger partial charge in [-0.05, 0) is 17.7 Å². The minimum absolute atomic E-state index is 0.000874. The second-order valence-electron chi connectivity index (χ2n) is 3.64. The summed E-state index contributed by atoms with van der Waals surface area (Å²) in [5, 5.41) is 8.60. The fourth-order valence-corrected chi connectivity index (χ4v) is 2.08. The summed E-state index contributed by atoms with van der Waals surface area (Å²) in [5.74, 6) is -0.975. The molecule has 0 spiro atoms. The third kappa shape index (κ3) is 5.35. The molecule has 0 atom stereocenters. The zero-order valence-electron chi connectivity index (χ0n) is 10.3. The SMILES string of the molecule is COCCONS(=O)(=O)c1ccc(CC(=O)O)cc1. The number of ether oxygens (including phenoxy) is 1. The second-order valence-corrected chi connectivity index (χ2v) is 5.29. The number of aliphatic carboxylic acids is 1. The molecule has 0 bridgehead atoms. The number of hydrogen-bond donors (Lipinski definition) is 2. The molecule has 0 aliphatic rings. The zero-order valence-corrected chi connectivity index (χ0v) is 11.1. The molecule has 0 saturated heterocycles. The number of sulfonamides is 1. The van der Waals surface area contributed by atoms with Crippen LogP contribution < -0.4 is 4.89 Å². The van der Waals surface area contributed by atoms with Gasteiger partial charge in [-0.3, -0.25) is 9.63 Å². The van der Waals surface area contributed by atoms with Crippen molar-refractivity contribution in [3.8, 4) is 0 Å². The van der Waals surface area contributed by atoms with Crippen LogP contribution in [0.1, 0.15) is 5.56 Å². The molecule has 106 valence electrons. The molecule has 0 unspecified atom stereocenters. The van der Waals surface area contributed by atoms with Crippen molar-refractivity contribution in [3.05, 3.63) is 29.8 Å². The molecule has 1 aromatic rings. The Balaban J connectivity index is 2.65. The van der Waals surface area contributed by atoms with Gasteiger partial charge in [0.05, 0.1) is 24.5 Å². The molecular formula is C11H15NO6S. The minimum atomic E-state index is -3.76. The van der Waals surface area contributed by atoms with Gasteiger partial charge >= 0.3 is 5.97 Å². The monoisotopic (exact) mass is 289 g/mol. The lowest BCUT2D eigenvalue weighted by atomic mass is 10.2. The highest BCUT2D eigenvalue weighted by Gasteiger charge is 2.14. The molecule has 1 rings (SSSR count).